The summed E-state index contributed by atoms with van der Waals surface area (Å²) in [4.78, 5) is 3.82. The number of nitrogens with one attached hydrogen (secondary N) is 1. The van der Waals surface area contributed by atoms with E-state index in [4.69, 9.17) is 4.42 Å². The number of aromatic hydroxyl groups is 2. The van der Waals surface area contributed by atoms with E-state index >= 15 is 0 Å². The molecule has 0 aliphatic carbocycles. The van der Waals surface area contributed by atoms with Gasteiger partial charge in [-0.1, -0.05) is 0 Å². The highest BCUT2D eigenvalue weighted by Gasteiger charge is 2.22. The maximum absolute atomic E-state index is 11.0. The van der Waals surface area contributed by atoms with Gasteiger partial charge >= 0.3 is 0 Å². The van der Waals surface area contributed by atoms with Gasteiger partial charge in [-0.15, -0.1) is 0 Å². The standard InChI is InChI=1S/C10H10N2O5S/c1-18(15,16)12-10-8(14)7(13)9(17-10)6-3-2-4-11-5-6/h2-5,12-14H,1H3. The predicted molar refractivity (Wildman–Crippen MR) is 63.7 cm³/mol. The quantitative estimate of drug-likeness (QED) is 0.770. The van der Waals surface area contributed by atoms with Crippen LogP contribution in [-0.2, 0) is 10.0 Å². The van der Waals surface area contributed by atoms with Crippen molar-refractivity contribution in [2.24, 2.45) is 0 Å². The molecule has 2 aromatic rings. The summed E-state index contributed by atoms with van der Waals surface area (Å²) in [6.45, 7) is 0. The minimum absolute atomic E-state index is 0.0632. The second kappa shape index (κ2) is 4.22. The van der Waals surface area contributed by atoms with E-state index in [0.717, 1.165) is 6.26 Å². The summed E-state index contributed by atoms with van der Waals surface area (Å²) in [7, 11) is -3.62. The second-order valence-electron chi connectivity index (χ2n) is 3.57. The number of rotatable bonds is 3. The highest BCUT2D eigenvalue weighted by atomic mass is 32.2. The predicted octanol–water partition coefficient (Wildman–Crippen LogP) is 1.12. The Morgan fingerprint density at radius 2 is 2.06 bits per heavy atom. The summed E-state index contributed by atoms with van der Waals surface area (Å²) in [6, 6.07) is 3.20. The maximum Gasteiger partial charge on any atom is 0.253 e. The van der Waals surface area contributed by atoms with Crippen molar-refractivity contribution in [3.05, 3.63) is 24.5 Å². The molecule has 0 amide bonds. The van der Waals surface area contributed by atoms with Gasteiger partial charge in [0.15, 0.2) is 5.76 Å². The Balaban J connectivity index is 2.50. The molecular formula is C10H10N2O5S. The van der Waals surface area contributed by atoms with Crippen LogP contribution in [0.5, 0.6) is 11.5 Å². The van der Waals surface area contributed by atoms with Crippen LogP contribution in [0.2, 0.25) is 0 Å². The highest BCUT2D eigenvalue weighted by Crippen LogP contribution is 2.45. The van der Waals surface area contributed by atoms with Gasteiger partial charge in [0.05, 0.1) is 6.26 Å². The molecule has 96 valence electrons. The van der Waals surface area contributed by atoms with Crippen molar-refractivity contribution in [1.82, 2.24) is 4.98 Å². The summed E-state index contributed by atoms with van der Waals surface area (Å²) >= 11 is 0. The molecule has 18 heavy (non-hydrogen) atoms. The van der Waals surface area contributed by atoms with Gasteiger partial charge in [-0.05, 0) is 12.1 Å². The molecule has 2 rings (SSSR count). The van der Waals surface area contributed by atoms with Crippen molar-refractivity contribution < 1.29 is 23.0 Å². The van der Waals surface area contributed by atoms with Crippen molar-refractivity contribution in [2.75, 3.05) is 11.0 Å². The monoisotopic (exact) mass is 270 g/mol. The van der Waals surface area contributed by atoms with Gasteiger partial charge < -0.3 is 14.6 Å². The van der Waals surface area contributed by atoms with Crippen molar-refractivity contribution >= 4 is 15.9 Å². The fourth-order valence-corrected chi connectivity index (χ4v) is 1.82. The van der Waals surface area contributed by atoms with E-state index in [0.29, 0.717) is 5.56 Å². The summed E-state index contributed by atoms with van der Waals surface area (Å²) in [5, 5.41) is 19.2. The molecule has 8 heteroatoms. The first-order chi connectivity index (χ1) is 8.38. The molecular weight excluding hydrogens is 260 g/mol. The third kappa shape index (κ3) is 2.38. The van der Waals surface area contributed by atoms with Gasteiger partial charge in [-0.2, -0.15) is 0 Å². The Morgan fingerprint density at radius 1 is 1.33 bits per heavy atom. The lowest BCUT2D eigenvalue weighted by molar-refractivity contribution is 0.410. The highest BCUT2D eigenvalue weighted by molar-refractivity contribution is 7.92. The Kier molecular flexibility index (Phi) is 2.87. The van der Waals surface area contributed by atoms with Gasteiger partial charge in [-0.3, -0.25) is 9.71 Å². The number of hydrogen-bond acceptors (Lipinski definition) is 6. The van der Waals surface area contributed by atoms with Crippen LogP contribution in [0.3, 0.4) is 0 Å². The lowest BCUT2D eigenvalue weighted by atomic mass is 10.2. The lowest BCUT2D eigenvalue weighted by Crippen LogP contribution is -2.08. The number of furan rings is 1. The number of nitrogens with zero attached hydrogens (tertiary/aromatic N) is 1. The molecule has 0 radical (unpaired) electrons. The van der Waals surface area contributed by atoms with E-state index in [1.807, 2.05) is 4.72 Å². The fraction of sp³-hybridized carbons (Fsp3) is 0.100. The molecule has 0 spiro atoms. The van der Waals surface area contributed by atoms with E-state index in [1.54, 1.807) is 12.1 Å². The minimum atomic E-state index is -3.62. The third-order valence-corrected chi connectivity index (χ3v) is 2.62. The number of anilines is 1. The SMILES string of the molecule is CS(=O)(=O)Nc1oc(-c2cccnc2)c(O)c1O. The van der Waals surface area contributed by atoms with E-state index in [2.05, 4.69) is 4.98 Å². The normalized spacial score (nSPS) is 11.4. The van der Waals surface area contributed by atoms with Crippen LogP contribution in [0.15, 0.2) is 28.9 Å². The first-order valence-electron chi connectivity index (χ1n) is 4.81. The fourth-order valence-electron chi connectivity index (χ4n) is 1.34. The Hall–Kier alpha value is -2.22. The van der Waals surface area contributed by atoms with Crippen LogP contribution in [0.4, 0.5) is 5.88 Å². The molecule has 0 atom stereocenters. The molecule has 0 aliphatic rings. The Bertz CT molecular complexity index is 663. The first-order valence-corrected chi connectivity index (χ1v) is 6.70. The Labute approximate surface area is 103 Å². The van der Waals surface area contributed by atoms with E-state index < -0.39 is 27.4 Å². The lowest BCUT2D eigenvalue weighted by Gasteiger charge is -1.98. The molecule has 3 N–H and O–H groups in total. The number of pyridine rings is 1. The second-order valence-corrected chi connectivity index (χ2v) is 5.32. The van der Waals surface area contributed by atoms with E-state index in [-0.39, 0.29) is 5.76 Å². The van der Waals surface area contributed by atoms with Gasteiger partial charge in [0.1, 0.15) is 0 Å². The molecule has 0 aromatic carbocycles. The van der Waals surface area contributed by atoms with Crippen LogP contribution in [0.1, 0.15) is 0 Å². The van der Waals surface area contributed by atoms with Gasteiger partial charge in [0, 0.05) is 18.0 Å². The van der Waals surface area contributed by atoms with Crippen molar-refractivity contribution in [1.29, 1.82) is 0 Å². The van der Waals surface area contributed by atoms with Crippen molar-refractivity contribution in [3.8, 4) is 22.8 Å². The summed E-state index contributed by atoms with van der Waals surface area (Å²) in [5.41, 5.74) is 0.409. The minimum Gasteiger partial charge on any atom is -0.502 e. The molecule has 7 nitrogen and oxygen atoms in total. The van der Waals surface area contributed by atoms with Gasteiger partial charge in [0.25, 0.3) is 5.88 Å². The molecule has 0 saturated heterocycles. The molecule has 2 aromatic heterocycles. The number of sulfonamides is 1. The largest absolute Gasteiger partial charge is 0.502 e. The molecule has 0 saturated carbocycles. The zero-order chi connectivity index (χ0) is 13.3. The topological polar surface area (TPSA) is 113 Å². The van der Waals surface area contributed by atoms with Gasteiger partial charge in [0.2, 0.25) is 21.5 Å². The number of hydrogen-bond donors (Lipinski definition) is 3. The van der Waals surface area contributed by atoms with Gasteiger partial charge in [-0.25, -0.2) is 8.42 Å². The van der Waals surface area contributed by atoms with Crippen molar-refractivity contribution in [2.45, 2.75) is 0 Å². The van der Waals surface area contributed by atoms with Crippen LogP contribution < -0.4 is 4.72 Å². The summed E-state index contributed by atoms with van der Waals surface area (Å²) in [6.07, 6.45) is 3.83. The zero-order valence-electron chi connectivity index (χ0n) is 9.28. The third-order valence-electron chi connectivity index (χ3n) is 2.06. The van der Waals surface area contributed by atoms with E-state index in [9.17, 15) is 18.6 Å². The van der Waals surface area contributed by atoms with Crippen LogP contribution in [0.25, 0.3) is 11.3 Å². The summed E-state index contributed by atoms with van der Waals surface area (Å²) < 4.78 is 29.1. The Morgan fingerprint density at radius 3 is 2.61 bits per heavy atom. The van der Waals surface area contributed by atoms with Crippen LogP contribution in [-0.4, -0.2) is 29.9 Å². The van der Waals surface area contributed by atoms with Crippen LogP contribution >= 0.6 is 0 Å². The van der Waals surface area contributed by atoms with Crippen LogP contribution in [0, 0.1) is 0 Å². The smallest absolute Gasteiger partial charge is 0.253 e. The van der Waals surface area contributed by atoms with E-state index in [1.165, 1.54) is 12.4 Å². The summed E-state index contributed by atoms with van der Waals surface area (Å²) in [5.74, 6) is -1.71. The molecule has 0 bridgehead atoms. The molecule has 0 unspecified atom stereocenters. The van der Waals surface area contributed by atoms with Crippen molar-refractivity contribution in [3.63, 3.8) is 0 Å². The molecule has 0 aliphatic heterocycles. The molecule has 0 fully saturated rings. The zero-order valence-corrected chi connectivity index (χ0v) is 10.1. The average Bonchev–Trinajstić information content (AvgIpc) is 2.57. The first kappa shape index (κ1) is 12.2. The average molecular weight is 270 g/mol. The molecule has 2 heterocycles. The maximum atomic E-state index is 11.0. The number of aromatic nitrogens is 1.